The lowest BCUT2D eigenvalue weighted by Gasteiger charge is -2.37. The number of hydrogen-bond acceptors (Lipinski definition) is 2. The maximum absolute atomic E-state index is 14.9. The van der Waals surface area contributed by atoms with Gasteiger partial charge in [-0.3, -0.25) is 4.79 Å². The highest BCUT2D eigenvalue weighted by Crippen LogP contribution is 2.40. The first-order chi connectivity index (χ1) is 20.1. The summed E-state index contributed by atoms with van der Waals surface area (Å²) in [6.07, 6.45) is 11.7. The van der Waals surface area contributed by atoms with Crippen LogP contribution in [0.25, 0.3) is 0 Å². The maximum Gasteiger partial charge on any atom is 0.220 e. The van der Waals surface area contributed by atoms with Gasteiger partial charge in [0.05, 0.1) is 12.6 Å². The molecule has 2 atom stereocenters. The summed E-state index contributed by atoms with van der Waals surface area (Å²) in [6.45, 7) is 4.50. The number of amides is 1. The van der Waals surface area contributed by atoms with Crippen LogP contribution in [0.5, 0.6) is 0 Å². The Morgan fingerprint density at radius 2 is 1.22 bits per heavy atom. The van der Waals surface area contributed by atoms with Crippen molar-refractivity contribution in [3.05, 3.63) is 120 Å². The number of allylic oxidation sites excluding steroid dienone is 1. The monoisotopic (exact) mass is 557 g/mol. The number of hydrogen-bond donors (Lipinski definition) is 1. The van der Waals surface area contributed by atoms with Gasteiger partial charge in [-0.1, -0.05) is 162 Å². The lowest BCUT2D eigenvalue weighted by molar-refractivity contribution is -0.122. The lowest BCUT2D eigenvalue weighted by Crippen LogP contribution is -2.41. The smallest absolute Gasteiger partial charge is 0.220 e. The van der Waals surface area contributed by atoms with E-state index in [0.29, 0.717) is 12.8 Å². The molecule has 4 heteroatoms. The molecule has 3 aromatic rings. The minimum atomic E-state index is -1.04. The molecule has 220 valence electrons. The van der Waals surface area contributed by atoms with Gasteiger partial charge in [-0.15, -0.1) is 0 Å². The minimum Gasteiger partial charge on any atom is -0.358 e. The van der Waals surface area contributed by atoms with Crippen LogP contribution >= 0.6 is 0 Å². The molecule has 3 aromatic carbocycles. The largest absolute Gasteiger partial charge is 0.358 e. The Morgan fingerprint density at radius 3 is 1.73 bits per heavy atom. The second-order valence-electron chi connectivity index (χ2n) is 10.8. The predicted molar refractivity (Wildman–Crippen MR) is 169 cm³/mol. The van der Waals surface area contributed by atoms with Gasteiger partial charge in [-0.25, -0.2) is 4.39 Å². The summed E-state index contributed by atoms with van der Waals surface area (Å²) in [4.78, 5) is 12.9. The van der Waals surface area contributed by atoms with E-state index >= 15 is 0 Å². The topological polar surface area (TPSA) is 38.3 Å². The summed E-state index contributed by atoms with van der Waals surface area (Å²) in [7, 11) is 0. The SMILES string of the molecule is CCCCCCCC(F)/C=C/[C@H](COC(c1ccccc1)(c1ccccc1)c1ccccc1)NC(=O)CCCCC. The van der Waals surface area contributed by atoms with E-state index in [-0.39, 0.29) is 12.5 Å². The molecule has 1 N–H and O–H groups in total. The molecule has 1 amide bonds. The van der Waals surface area contributed by atoms with Crippen molar-refractivity contribution in [1.29, 1.82) is 0 Å². The van der Waals surface area contributed by atoms with Crippen LogP contribution in [0.15, 0.2) is 103 Å². The van der Waals surface area contributed by atoms with Crippen molar-refractivity contribution in [3.8, 4) is 0 Å². The number of unbranched alkanes of at least 4 members (excludes halogenated alkanes) is 6. The predicted octanol–water partition coefficient (Wildman–Crippen LogP) is 9.32. The molecule has 0 aliphatic rings. The summed E-state index contributed by atoms with van der Waals surface area (Å²) in [6, 6.07) is 30.1. The van der Waals surface area contributed by atoms with Crippen molar-refractivity contribution >= 4 is 5.91 Å². The number of carbonyl (C=O) groups is 1. The first-order valence-electron chi connectivity index (χ1n) is 15.5. The highest BCUT2D eigenvalue weighted by Gasteiger charge is 2.38. The van der Waals surface area contributed by atoms with E-state index in [0.717, 1.165) is 55.2 Å². The highest BCUT2D eigenvalue weighted by atomic mass is 19.1. The van der Waals surface area contributed by atoms with E-state index in [1.54, 1.807) is 12.2 Å². The van der Waals surface area contributed by atoms with Crippen LogP contribution in [0.2, 0.25) is 0 Å². The molecule has 0 saturated heterocycles. The maximum atomic E-state index is 14.9. The van der Waals surface area contributed by atoms with E-state index in [1.807, 2.05) is 54.6 Å². The van der Waals surface area contributed by atoms with Crippen molar-refractivity contribution in [2.75, 3.05) is 6.61 Å². The normalized spacial score (nSPS) is 13.2. The fourth-order valence-electron chi connectivity index (χ4n) is 5.24. The molecule has 0 fully saturated rings. The second-order valence-corrected chi connectivity index (χ2v) is 10.8. The molecule has 0 radical (unpaired) electrons. The van der Waals surface area contributed by atoms with Gasteiger partial charge in [-0.05, 0) is 29.5 Å². The zero-order valence-corrected chi connectivity index (χ0v) is 24.9. The van der Waals surface area contributed by atoms with E-state index < -0.39 is 17.8 Å². The van der Waals surface area contributed by atoms with Gasteiger partial charge in [0.2, 0.25) is 5.91 Å². The molecule has 0 saturated carbocycles. The Balaban J connectivity index is 1.88. The fraction of sp³-hybridized carbons (Fsp3) is 0.432. The van der Waals surface area contributed by atoms with Crippen molar-refractivity contribution < 1.29 is 13.9 Å². The second kappa shape index (κ2) is 18.2. The molecular weight excluding hydrogens is 509 g/mol. The highest BCUT2D eigenvalue weighted by molar-refractivity contribution is 5.76. The van der Waals surface area contributed by atoms with Gasteiger partial charge in [0.1, 0.15) is 11.8 Å². The van der Waals surface area contributed by atoms with Gasteiger partial charge in [0.15, 0.2) is 0 Å². The van der Waals surface area contributed by atoms with Crippen LogP contribution in [0.4, 0.5) is 4.39 Å². The quantitative estimate of drug-likeness (QED) is 0.0906. The Kier molecular flexibility index (Phi) is 14.4. The van der Waals surface area contributed by atoms with Gasteiger partial charge in [0, 0.05) is 6.42 Å². The molecule has 0 aromatic heterocycles. The average molecular weight is 558 g/mol. The standard InChI is InChI=1S/C37H48FNO2/c1-3-5-7-8-19-26-34(38)28-29-35(39-36(40)27-12-6-4-2)30-41-37(31-20-13-9-14-21-31,32-22-15-10-16-23-32)33-24-17-11-18-25-33/h9-11,13-18,20-25,28-29,34-35H,3-8,12,19,26-27,30H2,1-2H3,(H,39,40)/b29-28+/t34?,35-/m1/s1. The molecule has 0 aliphatic carbocycles. The van der Waals surface area contributed by atoms with Crippen molar-refractivity contribution in [1.82, 2.24) is 5.32 Å². The number of halogens is 1. The van der Waals surface area contributed by atoms with Gasteiger partial charge >= 0.3 is 0 Å². The molecule has 3 rings (SSSR count). The van der Waals surface area contributed by atoms with Crippen LogP contribution in [-0.4, -0.2) is 24.7 Å². The number of rotatable bonds is 19. The van der Waals surface area contributed by atoms with E-state index in [2.05, 4.69) is 55.6 Å². The molecule has 1 unspecified atom stereocenters. The number of ether oxygens (including phenoxy) is 1. The average Bonchev–Trinajstić information content (AvgIpc) is 3.01. The third-order valence-corrected chi connectivity index (χ3v) is 7.51. The van der Waals surface area contributed by atoms with Gasteiger partial charge in [0.25, 0.3) is 0 Å². The molecule has 0 aliphatic heterocycles. The summed E-state index contributed by atoms with van der Waals surface area (Å²) in [5, 5.41) is 3.12. The third-order valence-electron chi connectivity index (χ3n) is 7.51. The molecular formula is C37H48FNO2. The fourth-order valence-corrected chi connectivity index (χ4v) is 5.24. The molecule has 0 spiro atoms. The van der Waals surface area contributed by atoms with Crippen LogP contribution < -0.4 is 5.32 Å². The number of benzene rings is 3. The van der Waals surface area contributed by atoms with Crippen molar-refractivity contribution in [2.24, 2.45) is 0 Å². The molecule has 3 nitrogen and oxygen atoms in total. The summed E-state index contributed by atoms with van der Waals surface area (Å²) in [5.41, 5.74) is 2.07. The van der Waals surface area contributed by atoms with Crippen LogP contribution in [-0.2, 0) is 15.1 Å². The summed E-state index contributed by atoms with van der Waals surface area (Å²) >= 11 is 0. The minimum absolute atomic E-state index is 0.0311. The zero-order valence-electron chi connectivity index (χ0n) is 24.9. The number of alkyl halides is 1. The van der Waals surface area contributed by atoms with Crippen molar-refractivity contribution in [2.45, 2.75) is 95.9 Å². The number of carbonyl (C=O) groups excluding carboxylic acids is 1. The molecule has 41 heavy (non-hydrogen) atoms. The first kappa shape index (κ1) is 32.3. The van der Waals surface area contributed by atoms with Crippen LogP contribution in [0.3, 0.4) is 0 Å². The first-order valence-corrected chi connectivity index (χ1v) is 15.5. The van der Waals surface area contributed by atoms with Crippen LogP contribution in [0.1, 0.15) is 94.7 Å². The lowest BCUT2D eigenvalue weighted by atomic mass is 9.80. The Labute approximate surface area is 247 Å². The molecule has 0 heterocycles. The van der Waals surface area contributed by atoms with E-state index in [9.17, 15) is 9.18 Å². The van der Waals surface area contributed by atoms with Gasteiger partial charge in [-0.2, -0.15) is 0 Å². The Hall–Kier alpha value is -3.24. The Bertz CT molecular complexity index is 1040. The third kappa shape index (κ3) is 10.3. The summed E-state index contributed by atoms with van der Waals surface area (Å²) < 4.78 is 21.8. The van der Waals surface area contributed by atoms with Crippen molar-refractivity contribution in [3.63, 3.8) is 0 Å². The Morgan fingerprint density at radius 1 is 0.732 bits per heavy atom. The van der Waals surface area contributed by atoms with E-state index in [1.165, 1.54) is 12.8 Å². The van der Waals surface area contributed by atoms with E-state index in [4.69, 9.17) is 4.74 Å². The number of nitrogens with one attached hydrogen (secondary N) is 1. The van der Waals surface area contributed by atoms with Crippen LogP contribution in [0, 0.1) is 0 Å². The molecule has 0 bridgehead atoms. The van der Waals surface area contributed by atoms with Gasteiger partial charge < -0.3 is 10.1 Å². The summed E-state index contributed by atoms with van der Waals surface area (Å²) in [5.74, 6) is -0.0311. The zero-order chi connectivity index (χ0) is 29.2.